The zero-order chi connectivity index (χ0) is 29.8. The maximum atomic E-state index is 5.54. The lowest BCUT2D eigenvalue weighted by atomic mass is 9.92. The van der Waals surface area contributed by atoms with Gasteiger partial charge in [0.25, 0.3) is 0 Å². The molecule has 226 valence electrons. The van der Waals surface area contributed by atoms with Crippen molar-refractivity contribution in [3.8, 4) is 0 Å². The van der Waals surface area contributed by atoms with Crippen LogP contribution in [0, 0.1) is 11.8 Å². The minimum atomic E-state index is -0.0726. The van der Waals surface area contributed by atoms with Crippen LogP contribution in [0.1, 0.15) is 117 Å². The molecule has 4 heteroatoms. The van der Waals surface area contributed by atoms with Gasteiger partial charge in [0, 0.05) is 12.1 Å². The lowest BCUT2D eigenvalue weighted by Gasteiger charge is -2.29. The fraction of sp³-hybridized carbons (Fsp3) is 0.667. The minimum Gasteiger partial charge on any atom is -0.373 e. The van der Waals surface area contributed by atoms with Crippen LogP contribution in [-0.2, 0) is 27.1 Å². The topological polar surface area (TPSA) is 39.7 Å². The van der Waals surface area contributed by atoms with Gasteiger partial charge in [0.1, 0.15) is 0 Å². The largest absolute Gasteiger partial charge is 0.373 e. The molecule has 0 bridgehead atoms. The second kappa shape index (κ2) is 16.7. The lowest BCUT2D eigenvalue weighted by molar-refractivity contribution is -0.174. The molecule has 1 saturated heterocycles. The molecule has 0 radical (unpaired) electrons. The van der Waals surface area contributed by atoms with Crippen molar-refractivity contribution >= 4 is 0 Å². The zero-order valence-electron chi connectivity index (χ0n) is 27.3. The summed E-state index contributed by atoms with van der Waals surface area (Å²) in [5.41, 5.74) is 5.50. The van der Waals surface area contributed by atoms with Crippen molar-refractivity contribution in [2.75, 3.05) is 19.8 Å². The van der Waals surface area contributed by atoms with Gasteiger partial charge >= 0.3 is 0 Å². The summed E-state index contributed by atoms with van der Waals surface area (Å²) >= 11 is 0. The first-order valence-corrected chi connectivity index (χ1v) is 15.5. The molecule has 0 aliphatic carbocycles. The normalized spacial score (nSPS) is 16.4. The molecule has 40 heavy (non-hydrogen) atoms. The van der Waals surface area contributed by atoms with Crippen molar-refractivity contribution in [3.05, 3.63) is 70.8 Å². The fourth-order valence-corrected chi connectivity index (χ4v) is 4.80. The van der Waals surface area contributed by atoms with E-state index in [0.717, 1.165) is 25.9 Å². The first-order valence-electron chi connectivity index (χ1n) is 15.5. The van der Waals surface area contributed by atoms with Gasteiger partial charge in [-0.25, -0.2) is 0 Å². The van der Waals surface area contributed by atoms with Gasteiger partial charge in [-0.05, 0) is 108 Å². The Kier molecular flexibility index (Phi) is 14.4. The SMILES string of the molecule is CC(C)(C)OCCOC1CCCCO1.CC(C)Cc1ccc(C(NC(C)(C)C)c2ccc(CC(C)C)cc2)cc1. The molecule has 1 heterocycles. The predicted molar refractivity (Wildman–Crippen MR) is 170 cm³/mol. The van der Waals surface area contributed by atoms with E-state index >= 15 is 0 Å². The van der Waals surface area contributed by atoms with Gasteiger partial charge in [0.2, 0.25) is 0 Å². The van der Waals surface area contributed by atoms with E-state index in [1.54, 1.807) is 0 Å². The molecule has 0 saturated carbocycles. The van der Waals surface area contributed by atoms with Crippen LogP contribution in [0.4, 0.5) is 0 Å². The summed E-state index contributed by atoms with van der Waals surface area (Å²) in [5, 5.41) is 3.81. The third kappa shape index (κ3) is 14.8. The van der Waals surface area contributed by atoms with Crippen LogP contribution in [0.25, 0.3) is 0 Å². The van der Waals surface area contributed by atoms with Gasteiger partial charge in [0.05, 0.1) is 24.9 Å². The Morgan fingerprint density at radius 1 is 0.750 bits per heavy atom. The van der Waals surface area contributed by atoms with Crippen molar-refractivity contribution in [1.82, 2.24) is 5.32 Å². The summed E-state index contributed by atoms with van der Waals surface area (Å²) < 4.78 is 16.5. The number of rotatable bonds is 11. The maximum absolute atomic E-state index is 5.54. The summed E-state index contributed by atoms with van der Waals surface area (Å²) in [7, 11) is 0. The van der Waals surface area contributed by atoms with E-state index in [9.17, 15) is 0 Å². The number of benzene rings is 2. The third-order valence-electron chi connectivity index (χ3n) is 6.55. The molecular weight excluding hydrogens is 494 g/mol. The average molecular weight is 554 g/mol. The van der Waals surface area contributed by atoms with Crippen molar-refractivity contribution < 1.29 is 14.2 Å². The molecule has 1 aliphatic heterocycles. The molecular formula is C36H59NO3. The first-order chi connectivity index (χ1) is 18.7. The van der Waals surface area contributed by atoms with Gasteiger partial charge < -0.3 is 19.5 Å². The first kappa shape index (κ1) is 34.5. The maximum Gasteiger partial charge on any atom is 0.157 e. The fourth-order valence-electron chi connectivity index (χ4n) is 4.80. The molecule has 1 fully saturated rings. The van der Waals surface area contributed by atoms with Gasteiger partial charge in [-0.3, -0.25) is 0 Å². The number of ether oxygens (including phenoxy) is 3. The standard InChI is InChI=1S/C25H37N.C11H22O3/c1-18(2)16-20-8-12-22(13-9-20)24(26-25(5,6)7)23-14-10-21(11-15-23)17-19(3)4;1-11(2,3)14-9-8-13-10-6-4-5-7-12-10/h8-15,18-19,24,26H,16-17H2,1-7H3;10H,4-9H2,1-3H3. The van der Waals surface area contributed by atoms with Crippen LogP contribution in [-0.4, -0.2) is 37.3 Å². The van der Waals surface area contributed by atoms with Crippen LogP contribution < -0.4 is 5.32 Å². The lowest BCUT2D eigenvalue weighted by Crippen LogP contribution is -2.39. The van der Waals surface area contributed by atoms with Crippen molar-refractivity contribution in [2.45, 2.75) is 125 Å². The van der Waals surface area contributed by atoms with Crippen LogP contribution >= 0.6 is 0 Å². The van der Waals surface area contributed by atoms with Crippen LogP contribution in [0.3, 0.4) is 0 Å². The Bertz CT molecular complexity index is 876. The summed E-state index contributed by atoms with van der Waals surface area (Å²) in [6.07, 6.45) is 5.69. The van der Waals surface area contributed by atoms with Gasteiger partial charge in [0.15, 0.2) is 6.29 Å². The predicted octanol–water partition coefficient (Wildman–Crippen LogP) is 8.91. The highest BCUT2D eigenvalue weighted by Gasteiger charge is 2.21. The second-order valence-electron chi connectivity index (χ2n) is 14.1. The zero-order valence-corrected chi connectivity index (χ0v) is 27.3. The Balaban J connectivity index is 0.000000337. The van der Waals surface area contributed by atoms with E-state index in [-0.39, 0.29) is 23.5 Å². The molecule has 0 aromatic heterocycles. The Hall–Kier alpha value is -1.72. The Labute approximate surface area is 246 Å². The Morgan fingerprint density at radius 3 is 1.62 bits per heavy atom. The van der Waals surface area contributed by atoms with Crippen molar-refractivity contribution in [3.63, 3.8) is 0 Å². The quantitative estimate of drug-likeness (QED) is 0.282. The smallest absolute Gasteiger partial charge is 0.157 e. The number of hydrogen-bond acceptors (Lipinski definition) is 4. The third-order valence-corrected chi connectivity index (χ3v) is 6.55. The van der Waals surface area contributed by atoms with E-state index in [1.807, 2.05) is 20.8 Å². The van der Waals surface area contributed by atoms with E-state index in [2.05, 4.69) is 102 Å². The molecule has 0 amide bonds. The summed E-state index contributed by atoms with van der Waals surface area (Å²) in [6, 6.07) is 18.6. The summed E-state index contributed by atoms with van der Waals surface area (Å²) in [6.45, 7) is 24.1. The Morgan fingerprint density at radius 2 is 1.25 bits per heavy atom. The molecule has 4 nitrogen and oxygen atoms in total. The van der Waals surface area contributed by atoms with Crippen LogP contribution in [0.15, 0.2) is 48.5 Å². The van der Waals surface area contributed by atoms with Gasteiger partial charge in [-0.2, -0.15) is 0 Å². The highest BCUT2D eigenvalue weighted by molar-refractivity contribution is 5.35. The summed E-state index contributed by atoms with van der Waals surface area (Å²) in [5.74, 6) is 1.38. The van der Waals surface area contributed by atoms with Gasteiger partial charge in [-0.15, -0.1) is 0 Å². The van der Waals surface area contributed by atoms with Crippen LogP contribution in [0.2, 0.25) is 0 Å². The van der Waals surface area contributed by atoms with Crippen molar-refractivity contribution in [2.24, 2.45) is 11.8 Å². The molecule has 2 aromatic rings. The van der Waals surface area contributed by atoms with E-state index in [0.29, 0.717) is 25.0 Å². The summed E-state index contributed by atoms with van der Waals surface area (Å²) in [4.78, 5) is 0. The second-order valence-corrected chi connectivity index (χ2v) is 14.1. The average Bonchev–Trinajstić information content (AvgIpc) is 2.86. The molecule has 1 aliphatic rings. The van der Waals surface area contributed by atoms with Crippen molar-refractivity contribution in [1.29, 1.82) is 0 Å². The van der Waals surface area contributed by atoms with E-state index < -0.39 is 0 Å². The van der Waals surface area contributed by atoms with Crippen LogP contribution in [0.5, 0.6) is 0 Å². The number of nitrogens with one attached hydrogen (secondary N) is 1. The molecule has 3 rings (SSSR count). The monoisotopic (exact) mass is 553 g/mol. The molecule has 0 spiro atoms. The molecule has 1 atom stereocenters. The van der Waals surface area contributed by atoms with E-state index in [4.69, 9.17) is 14.2 Å². The van der Waals surface area contributed by atoms with Gasteiger partial charge in [-0.1, -0.05) is 76.2 Å². The highest BCUT2D eigenvalue weighted by atomic mass is 16.7. The molecule has 2 aromatic carbocycles. The highest BCUT2D eigenvalue weighted by Crippen LogP contribution is 2.26. The van der Waals surface area contributed by atoms with E-state index in [1.165, 1.54) is 35.1 Å². The minimum absolute atomic E-state index is 0.00678. The molecule has 1 N–H and O–H groups in total. The number of hydrogen-bond donors (Lipinski definition) is 1. The molecule has 1 unspecified atom stereocenters.